The van der Waals surface area contributed by atoms with Crippen LogP contribution in [0, 0.1) is 0 Å². The van der Waals surface area contributed by atoms with E-state index in [-0.39, 0.29) is 0 Å². The molecule has 6 aliphatic rings. The topological polar surface area (TPSA) is 512 Å². The predicted octanol–water partition coefficient (Wildman–Crippen LogP) is -14.1. The molecule has 6 saturated heterocycles. The van der Waals surface area contributed by atoms with E-state index in [9.17, 15) is 97.0 Å². The first-order chi connectivity index (χ1) is 31.8. The molecule has 67 heavy (non-hydrogen) atoms. The minimum atomic E-state index is -2.17. The average molecular weight is 990 g/mol. The number of aliphatic hydroxyl groups excluding tert-OH is 19. The van der Waals surface area contributed by atoms with Gasteiger partial charge < -0.3 is 155 Å². The molecule has 0 aromatic carbocycles. The van der Waals surface area contributed by atoms with Crippen LogP contribution in [0.15, 0.2) is 0 Å². The quantitative estimate of drug-likeness (QED) is 0.0683. The second kappa shape index (κ2) is 23.5. The number of ether oxygens (including phenoxy) is 11. The van der Waals surface area contributed by atoms with Crippen molar-refractivity contribution in [3.05, 3.63) is 0 Å². The van der Waals surface area contributed by atoms with Gasteiger partial charge in [-0.2, -0.15) is 0 Å². The van der Waals surface area contributed by atoms with Crippen molar-refractivity contribution in [2.75, 3.05) is 39.6 Å². The van der Waals surface area contributed by atoms with Crippen molar-refractivity contribution in [1.82, 2.24) is 0 Å². The molecule has 0 amide bonds. The first kappa shape index (κ1) is 55.1. The summed E-state index contributed by atoms with van der Waals surface area (Å²) in [4.78, 5) is 0. The Balaban J connectivity index is 1.07. The third-order valence-corrected chi connectivity index (χ3v) is 12.5. The molecule has 0 aromatic rings. The number of aliphatic hydroxyl groups is 19. The summed E-state index contributed by atoms with van der Waals surface area (Å²) in [6.07, 6.45) is -53.6. The zero-order valence-corrected chi connectivity index (χ0v) is 35.1. The molecule has 6 aliphatic heterocycles. The Morgan fingerprint density at radius 3 is 0.761 bits per heavy atom. The number of hydrogen-bond acceptors (Lipinski definition) is 31. The van der Waals surface area contributed by atoms with Gasteiger partial charge in [0.05, 0.1) is 45.7 Å². The maximum atomic E-state index is 11.2. The Kier molecular flexibility index (Phi) is 19.4. The Hall–Kier alpha value is -1.24. The third kappa shape index (κ3) is 11.2. The van der Waals surface area contributed by atoms with Crippen LogP contribution < -0.4 is 5.73 Å². The van der Waals surface area contributed by atoms with Crippen LogP contribution in [0.1, 0.15) is 0 Å². The molecule has 0 aliphatic carbocycles. The number of rotatable bonds is 16. The molecule has 0 saturated carbocycles. The fourth-order valence-corrected chi connectivity index (χ4v) is 8.56. The molecule has 1 unspecified atom stereocenters. The third-order valence-electron chi connectivity index (χ3n) is 12.5. The Labute approximate surface area is 378 Å². The monoisotopic (exact) mass is 989 g/mol. The summed E-state index contributed by atoms with van der Waals surface area (Å²) in [6, 6.07) is -1.43. The van der Waals surface area contributed by atoms with Crippen molar-refractivity contribution in [2.24, 2.45) is 5.73 Å². The molecule has 0 aromatic heterocycles. The zero-order chi connectivity index (χ0) is 49.3. The normalized spacial score (nSPS) is 53.4. The average Bonchev–Trinajstić information content (AvgIpc) is 3.32. The lowest BCUT2D eigenvalue weighted by molar-refractivity contribution is -0.395. The fraction of sp³-hybridized carbons (Fsp3) is 1.00. The lowest BCUT2D eigenvalue weighted by Gasteiger charge is -2.49. The highest BCUT2D eigenvalue weighted by atomic mass is 16.8. The Morgan fingerprint density at radius 2 is 0.493 bits per heavy atom. The summed E-state index contributed by atoms with van der Waals surface area (Å²) in [7, 11) is 0. The van der Waals surface area contributed by atoms with Crippen molar-refractivity contribution >= 4 is 0 Å². The maximum Gasteiger partial charge on any atom is 0.187 e. The van der Waals surface area contributed by atoms with E-state index in [1.165, 1.54) is 0 Å². The lowest BCUT2D eigenvalue weighted by Crippen LogP contribution is -2.68. The standard InChI is InChI=1S/C36H63NO30/c37-13-15(45)26(8(2-39)57-31(13)56)63-33-22(52)17(47)28(10(4-41)59-33)65-35-24(54)19(49)30(12(6-43)61-35)67-36-25(55)20(50)29(11(5-42)62-36)66-34-23(53)18(48)27(9(3-40)60-34)64-32-21(51)16(46)14(44)7(1-38)58-32/h7-36,38-56H,1-6,37H2/t7-,8-,9-,10-,11-,12-,13-,14-,15-,16+,17-,18-,19-,20-,21-,22-,23-,24-,25-,26-,27-,28-,29-,30-,31?,32+,33+,34+,35+,36+/m1/s1. The second-order valence-electron chi connectivity index (χ2n) is 16.8. The molecular weight excluding hydrogens is 926 g/mol. The van der Waals surface area contributed by atoms with E-state index >= 15 is 0 Å². The van der Waals surface area contributed by atoms with Gasteiger partial charge in [0.25, 0.3) is 0 Å². The Morgan fingerprint density at radius 1 is 0.269 bits per heavy atom. The summed E-state index contributed by atoms with van der Waals surface area (Å²) >= 11 is 0. The smallest absolute Gasteiger partial charge is 0.187 e. The van der Waals surface area contributed by atoms with E-state index in [4.69, 9.17) is 57.8 Å². The molecule has 6 rings (SSSR count). The minimum absolute atomic E-state index is 0.801. The molecule has 31 nitrogen and oxygen atoms in total. The lowest BCUT2D eigenvalue weighted by atomic mass is 9.95. The second-order valence-corrected chi connectivity index (χ2v) is 16.8. The van der Waals surface area contributed by atoms with Gasteiger partial charge in [-0.3, -0.25) is 0 Å². The molecule has 6 heterocycles. The van der Waals surface area contributed by atoms with Crippen LogP contribution in [0.5, 0.6) is 0 Å². The van der Waals surface area contributed by atoms with Crippen LogP contribution in [0.3, 0.4) is 0 Å². The van der Waals surface area contributed by atoms with Gasteiger partial charge in [-0.1, -0.05) is 0 Å². The molecule has 30 atom stereocenters. The SMILES string of the molecule is N[C@H]1C(O)O[C@H](CO)[C@@H](O[C@@H]2O[C@H](CO)[C@@H](O[C@@H]3O[C@H](CO)[C@@H](O[C@@H]4O[C@H](CO)[C@@H](O[C@@H]5O[C@H](CO)[C@@H](O[C@@H]6O[C@H](CO)[C@@H](O)[C@H](O)[C@H]6O)[C@H](O)[C@H]5O)[C@H](O)[C@H]4O)[C@H](O)[C@H]3O)[C@H](O)[C@H]2O)[C@@H]1O. The summed E-state index contributed by atoms with van der Waals surface area (Å²) < 4.78 is 60.8. The van der Waals surface area contributed by atoms with Gasteiger partial charge in [-0.05, 0) is 0 Å². The summed E-state index contributed by atoms with van der Waals surface area (Å²) in [5.41, 5.74) is 5.72. The van der Waals surface area contributed by atoms with Gasteiger partial charge in [-0.15, -0.1) is 0 Å². The van der Waals surface area contributed by atoms with Crippen molar-refractivity contribution in [1.29, 1.82) is 0 Å². The number of hydrogen-bond donors (Lipinski definition) is 20. The zero-order valence-electron chi connectivity index (χ0n) is 35.1. The predicted molar refractivity (Wildman–Crippen MR) is 201 cm³/mol. The largest absolute Gasteiger partial charge is 0.394 e. The summed E-state index contributed by atoms with van der Waals surface area (Å²) in [6.45, 7) is -5.57. The van der Waals surface area contributed by atoms with Crippen molar-refractivity contribution in [3.63, 3.8) is 0 Å². The van der Waals surface area contributed by atoms with Gasteiger partial charge in [0.2, 0.25) is 0 Å². The first-order valence-electron chi connectivity index (χ1n) is 21.2. The maximum absolute atomic E-state index is 11.2. The van der Waals surface area contributed by atoms with E-state index in [0.717, 1.165) is 0 Å². The van der Waals surface area contributed by atoms with Crippen LogP contribution >= 0.6 is 0 Å². The Bertz CT molecular complexity index is 1500. The molecule has 31 heteroatoms. The van der Waals surface area contributed by atoms with Gasteiger partial charge in [0.15, 0.2) is 37.7 Å². The van der Waals surface area contributed by atoms with Gasteiger partial charge in [0.1, 0.15) is 140 Å². The molecule has 21 N–H and O–H groups in total. The molecule has 0 bridgehead atoms. The summed E-state index contributed by atoms with van der Waals surface area (Å²) in [5.74, 6) is 0. The van der Waals surface area contributed by atoms with Crippen molar-refractivity contribution < 1.29 is 149 Å². The number of nitrogens with two attached hydrogens (primary N) is 1. The first-order valence-corrected chi connectivity index (χ1v) is 21.2. The molecule has 0 radical (unpaired) electrons. The highest BCUT2D eigenvalue weighted by Crippen LogP contribution is 2.36. The molecular formula is C36H63NO30. The van der Waals surface area contributed by atoms with Crippen molar-refractivity contribution in [2.45, 2.75) is 184 Å². The van der Waals surface area contributed by atoms with Gasteiger partial charge in [0, 0.05) is 0 Å². The molecule has 392 valence electrons. The van der Waals surface area contributed by atoms with Crippen LogP contribution in [0.25, 0.3) is 0 Å². The van der Waals surface area contributed by atoms with E-state index in [2.05, 4.69) is 0 Å². The van der Waals surface area contributed by atoms with Gasteiger partial charge in [-0.25, -0.2) is 0 Å². The van der Waals surface area contributed by atoms with Crippen LogP contribution in [-0.2, 0) is 52.1 Å². The highest BCUT2D eigenvalue weighted by Gasteiger charge is 2.57. The molecule has 6 fully saturated rings. The van der Waals surface area contributed by atoms with Gasteiger partial charge >= 0.3 is 0 Å². The van der Waals surface area contributed by atoms with Crippen LogP contribution in [0.2, 0.25) is 0 Å². The van der Waals surface area contributed by atoms with Crippen LogP contribution in [0.4, 0.5) is 0 Å². The van der Waals surface area contributed by atoms with E-state index in [0.29, 0.717) is 0 Å². The minimum Gasteiger partial charge on any atom is -0.394 e. The van der Waals surface area contributed by atoms with E-state index < -0.39 is 224 Å². The molecule has 0 spiro atoms. The fourth-order valence-electron chi connectivity index (χ4n) is 8.56. The van der Waals surface area contributed by atoms with E-state index in [1.807, 2.05) is 0 Å². The van der Waals surface area contributed by atoms with Crippen molar-refractivity contribution in [3.8, 4) is 0 Å². The van der Waals surface area contributed by atoms with Crippen LogP contribution in [-0.4, -0.2) is 321 Å². The van der Waals surface area contributed by atoms with E-state index in [1.54, 1.807) is 0 Å². The summed E-state index contributed by atoms with van der Waals surface area (Å²) in [5, 5.41) is 200. The highest BCUT2D eigenvalue weighted by molar-refractivity contribution is 5.00.